The molecule has 4 aliphatic heterocycles. The maximum Gasteiger partial charge on any atom is 0.187 e. The minimum atomic E-state index is -1.77. The van der Waals surface area contributed by atoms with E-state index in [2.05, 4.69) is 34.6 Å². The average molecular weight is 947 g/mol. The van der Waals surface area contributed by atoms with Crippen LogP contribution in [0.3, 0.4) is 0 Å². The number of fused-ring (bicyclic) bond motifs is 5. The predicted octanol–water partition coefficient (Wildman–Crippen LogP) is 0.210. The van der Waals surface area contributed by atoms with Crippen LogP contribution in [0.2, 0.25) is 0 Å². The summed E-state index contributed by atoms with van der Waals surface area (Å²) in [4.78, 5) is 0. The van der Waals surface area contributed by atoms with Gasteiger partial charge in [-0.05, 0) is 125 Å². The second-order valence-electron chi connectivity index (χ2n) is 24.0. The minimum absolute atomic E-state index is 0.00669. The second kappa shape index (κ2) is 17.8. The maximum absolute atomic E-state index is 12.5. The molecule has 4 heterocycles. The van der Waals surface area contributed by atoms with Gasteiger partial charge in [0.25, 0.3) is 0 Å². The van der Waals surface area contributed by atoms with Crippen molar-refractivity contribution in [2.45, 2.75) is 248 Å². The third-order valence-electron chi connectivity index (χ3n) is 19.5. The summed E-state index contributed by atoms with van der Waals surface area (Å²) in [6.45, 7) is 19.1. The molecule has 4 saturated carbocycles. The number of hydrogen-bond donors (Lipinski definition) is 11. The summed E-state index contributed by atoms with van der Waals surface area (Å²) in [6.07, 6.45) is -19.2. The zero-order chi connectivity index (χ0) is 48.6. The van der Waals surface area contributed by atoms with Crippen molar-refractivity contribution in [2.75, 3.05) is 6.61 Å². The largest absolute Gasteiger partial charge is 0.394 e. The van der Waals surface area contributed by atoms with Crippen LogP contribution in [-0.4, -0.2) is 191 Å². The summed E-state index contributed by atoms with van der Waals surface area (Å²) in [6, 6.07) is 0. The van der Waals surface area contributed by atoms with Gasteiger partial charge in [-0.1, -0.05) is 34.6 Å². The van der Waals surface area contributed by atoms with Crippen LogP contribution >= 0.6 is 0 Å². The van der Waals surface area contributed by atoms with E-state index < -0.39 is 140 Å². The maximum atomic E-state index is 12.5. The molecule has 8 aliphatic rings. The van der Waals surface area contributed by atoms with Gasteiger partial charge in [0, 0.05) is 6.42 Å². The van der Waals surface area contributed by atoms with Crippen LogP contribution in [0.1, 0.15) is 121 Å². The van der Waals surface area contributed by atoms with E-state index >= 15 is 0 Å². The summed E-state index contributed by atoms with van der Waals surface area (Å²) in [5.41, 5.74) is -3.08. The first-order valence-corrected chi connectivity index (χ1v) is 24.6. The molecule has 0 aromatic rings. The van der Waals surface area contributed by atoms with Gasteiger partial charge in [-0.25, -0.2) is 0 Å². The highest BCUT2D eigenvalue weighted by Gasteiger charge is 2.73. The lowest BCUT2D eigenvalue weighted by Crippen LogP contribution is -2.68. The Morgan fingerprint density at radius 2 is 1.15 bits per heavy atom. The third-order valence-corrected chi connectivity index (χ3v) is 19.5. The average Bonchev–Trinajstić information content (AvgIpc) is 3.79. The molecule has 18 heteroatoms. The predicted molar refractivity (Wildman–Crippen MR) is 232 cm³/mol. The molecule has 0 aromatic carbocycles. The van der Waals surface area contributed by atoms with E-state index in [1.165, 1.54) is 13.8 Å². The number of aliphatic hydroxyl groups excluding tert-OH is 10. The summed E-state index contributed by atoms with van der Waals surface area (Å²) in [5, 5.41) is 121. The van der Waals surface area contributed by atoms with E-state index in [9.17, 15) is 56.2 Å². The quantitative estimate of drug-likeness (QED) is 0.138. The molecule has 4 saturated heterocycles. The van der Waals surface area contributed by atoms with E-state index in [1.54, 1.807) is 13.8 Å². The molecular weight excluding hydrogens is 865 g/mol. The van der Waals surface area contributed by atoms with E-state index in [0.717, 1.165) is 32.1 Å². The van der Waals surface area contributed by atoms with E-state index in [1.807, 2.05) is 6.92 Å². The highest BCUT2D eigenvalue weighted by atomic mass is 16.8. The normalized spacial score (nSPS) is 57.5. The van der Waals surface area contributed by atoms with Crippen LogP contribution < -0.4 is 0 Å². The van der Waals surface area contributed by atoms with Gasteiger partial charge in [0.05, 0.1) is 48.3 Å². The molecule has 0 spiro atoms. The Kier molecular flexibility index (Phi) is 13.9. The lowest BCUT2D eigenvalue weighted by atomic mass is 9.35. The molecule has 0 unspecified atom stereocenters. The van der Waals surface area contributed by atoms with Crippen LogP contribution in [0.25, 0.3) is 0 Å². The standard InChI is InChI=1S/C48H82O18/c1-20-30(52)33(55)35(57)40(60-20)64-37-32(54)25(19-49)62-42(38(37)65-41-36(58)34(56)31(53)21(2)61-41)63-28-13-14-45(7)26(43(28,3)4)12-16-46(8)27(45)17-23(50)29-22(11-15-47(29,46)9)48(10)18-24(51)39(66-48)44(5,6)59/h20-42,49-59H,11-19H2,1-10H3/t20-,21-,22-,23+,24-,25+,26-,27-,28-,29+,30-,31-,32+,33+,34+,35+,36+,37-,38+,39-,40-,41-,42-,45-,46+,47+,48-/m0/s1. The Labute approximate surface area is 388 Å². The second-order valence-corrected chi connectivity index (χ2v) is 24.0. The first-order valence-electron chi connectivity index (χ1n) is 24.6. The van der Waals surface area contributed by atoms with E-state index in [-0.39, 0.29) is 39.9 Å². The summed E-state index contributed by atoms with van der Waals surface area (Å²) < 4.78 is 44.1. The molecule has 0 aromatic heterocycles. The topological polar surface area (TPSA) is 287 Å². The van der Waals surface area contributed by atoms with Crippen molar-refractivity contribution in [3.05, 3.63) is 0 Å². The highest BCUT2D eigenvalue weighted by Crippen LogP contribution is 2.76. The van der Waals surface area contributed by atoms with Gasteiger partial charge in [0.2, 0.25) is 0 Å². The monoisotopic (exact) mass is 947 g/mol. The first-order chi connectivity index (χ1) is 30.6. The van der Waals surface area contributed by atoms with Crippen molar-refractivity contribution in [1.29, 1.82) is 0 Å². The zero-order valence-corrected chi connectivity index (χ0v) is 40.4. The lowest BCUT2D eigenvalue weighted by molar-refractivity contribution is -0.397. The minimum Gasteiger partial charge on any atom is -0.394 e. The molecule has 4 aliphatic carbocycles. The van der Waals surface area contributed by atoms with Crippen molar-refractivity contribution < 1.29 is 89.3 Å². The van der Waals surface area contributed by atoms with Gasteiger partial charge in [-0.2, -0.15) is 0 Å². The van der Waals surface area contributed by atoms with E-state index in [4.69, 9.17) is 33.2 Å². The fourth-order valence-electron chi connectivity index (χ4n) is 15.6. The molecule has 66 heavy (non-hydrogen) atoms. The molecule has 8 rings (SSSR count). The third kappa shape index (κ3) is 8.08. The van der Waals surface area contributed by atoms with Crippen molar-refractivity contribution >= 4 is 0 Å². The molecule has 0 bridgehead atoms. The van der Waals surface area contributed by atoms with Gasteiger partial charge in [0.1, 0.15) is 67.1 Å². The summed E-state index contributed by atoms with van der Waals surface area (Å²) in [7, 11) is 0. The number of aliphatic hydroxyl groups is 11. The molecule has 27 atom stereocenters. The Bertz CT molecular complexity index is 1720. The highest BCUT2D eigenvalue weighted by molar-refractivity contribution is 5.21. The Balaban J connectivity index is 1.06. The Hall–Kier alpha value is -0.720. The van der Waals surface area contributed by atoms with Crippen molar-refractivity contribution in [1.82, 2.24) is 0 Å². The Morgan fingerprint density at radius 1 is 0.591 bits per heavy atom. The van der Waals surface area contributed by atoms with Gasteiger partial charge >= 0.3 is 0 Å². The van der Waals surface area contributed by atoms with Gasteiger partial charge in [0.15, 0.2) is 18.9 Å². The smallest absolute Gasteiger partial charge is 0.187 e. The zero-order valence-electron chi connectivity index (χ0n) is 40.4. The van der Waals surface area contributed by atoms with Crippen LogP contribution in [0.4, 0.5) is 0 Å². The fraction of sp³-hybridized carbons (Fsp3) is 1.00. The van der Waals surface area contributed by atoms with Crippen LogP contribution in [0.15, 0.2) is 0 Å². The number of ether oxygens (including phenoxy) is 7. The summed E-state index contributed by atoms with van der Waals surface area (Å²) >= 11 is 0. The molecule has 11 N–H and O–H groups in total. The van der Waals surface area contributed by atoms with Crippen LogP contribution in [0, 0.1) is 45.3 Å². The fourth-order valence-corrected chi connectivity index (χ4v) is 15.6. The van der Waals surface area contributed by atoms with Crippen LogP contribution in [0.5, 0.6) is 0 Å². The van der Waals surface area contributed by atoms with Crippen LogP contribution in [-0.2, 0) is 33.2 Å². The molecular formula is C48H82O18. The van der Waals surface area contributed by atoms with E-state index in [0.29, 0.717) is 19.3 Å². The SMILES string of the molecule is C[C@@H]1O[C@@H](O[C@H]2[C@H](O[C@H]3CC[C@@]4(C)[C@@H](CC[C@]5(C)[C@H]4C[C@@H](O)[C@H]4[C@@H]([C@]6(C)C[C@H](O)[C@@H](C(C)(C)O)O6)CC[C@]45C)C3(C)C)O[C@H](CO)[C@@H](O)[C@@H]2O[C@@H]2O[C@@H](C)[C@H](O)[C@@H](O)[C@H]2O)[C@H](O)[C@H](O)[C@H]1O. The van der Waals surface area contributed by atoms with Gasteiger partial charge < -0.3 is 89.3 Å². The first kappa shape index (κ1) is 51.6. The van der Waals surface area contributed by atoms with Crippen molar-refractivity contribution in [2.24, 2.45) is 45.3 Å². The van der Waals surface area contributed by atoms with Gasteiger partial charge in [-0.3, -0.25) is 0 Å². The Morgan fingerprint density at radius 3 is 1.70 bits per heavy atom. The van der Waals surface area contributed by atoms with Gasteiger partial charge in [-0.15, -0.1) is 0 Å². The molecule has 0 radical (unpaired) electrons. The molecule has 18 nitrogen and oxygen atoms in total. The molecule has 0 amide bonds. The van der Waals surface area contributed by atoms with Crippen molar-refractivity contribution in [3.8, 4) is 0 Å². The number of rotatable bonds is 9. The molecule has 8 fully saturated rings. The lowest BCUT2D eigenvalue weighted by Gasteiger charge is -2.71. The summed E-state index contributed by atoms with van der Waals surface area (Å²) in [5.74, 6) is 0.171. The molecule has 382 valence electrons. The number of hydrogen-bond acceptors (Lipinski definition) is 18. The van der Waals surface area contributed by atoms with Crippen molar-refractivity contribution in [3.63, 3.8) is 0 Å².